The van der Waals surface area contributed by atoms with Gasteiger partial charge in [-0.15, -0.1) is 0 Å². The number of carbonyl (C=O) groups excluding carboxylic acids is 1. The van der Waals surface area contributed by atoms with Crippen LogP contribution in [0, 0.1) is 0 Å². The zero-order valence-electron chi connectivity index (χ0n) is 17.4. The van der Waals surface area contributed by atoms with E-state index >= 15 is 0 Å². The molecule has 1 heterocycles. The number of carbonyl (C=O) groups is 1. The lowest BCUT2D eigenvalue weighted by Gasteiger charge is -2.18. The monoisotopic (exact) mass is 446 g/mol. The van der Waals surface area contributed by atoms with Crippen LogP contribution in [0.3, 0.4) is 0 Å². The summed E-state index contributed by atoms with van der Waals surface area (Å²) in [6, 6.07) is 11.8. The zero-order chi connectivity index (χ0) is 22.2. The maximum absolute atomic E-state index is 12.5. The van der Waals surface area contributed by atoms with E-state index in [1.807, 2.05) is 0 Å². The summed E-state index contributed by atoms with van der Waals surface area (Å²) in [6.07, 6.45) is 0.420. The van der Waals surface area contributed by atoms with Crippen LogP contribution < -0.4 is 19.5 Å². The van der Waals surface area contributed by atoms with E-state index in [9.17, 15) is 4.79 Å². The molecule has 0 bridgehead atoms. The second-order valence-corrected chi connectivity index (χ2v) is 6.95. The molecule has 2 amide bonds. The minimum atomic E-state index is -0.304. The van der Waals surface area contributed by atoms with Crippen molar-refractivity contribution in [1.29, 1.82) is 0 Å². The van der Waals surface area contributed by atoms with E-state index in [0.29, 0.717) is 52.6 Å². The minimum Gasteiger partial charge on any atom is -0.497 e. The number of likely N-dealkylation sites (N-methyl/N-ethyl adjacent to an activating group) is 1. The van der Waals surface area contributed by atoms with Crippen molar-refractivity contribution in [1.82, 2.24) is 15.0 Å². The predicted octanol–water partition coefficient (Wildman–Crippen LogP) is 4.03. The van der Waals surface area contributed by atoms with Crippen molar-refractivity contribution in [3.05, 3.63) is 59.2 Å². The summed E-state index contributed by atoms with van der Waals surface area (Å²) in [5, 5.41) is 7.36. The van der Waals surface area contributed by atoms with Gasteiger partial charge in [-0.3, -0.25) is 0 Å². The Bertz CT molecular complexity index is 1010. The Morgan fingerprint density at radius 2 is 1.87 bits per heavy atom. The number of amides is 2. The topological polar surface area (TPSA) is 99.0 Å². The van der Waals surface area contributed by atoms with Crippen molar-refractivity contribution in [3.63, 3.8) is 0 Å². The van der Waals surface area contributed by atoms with E-state index in [0.717, 1.165) is 0 Å². The van der Waals surface area contributed by atoms with Gasteiger partial charge in [-0.05, 0) is 36.4 Å². The number of aromatic nitrogens is 2. The van der Waals surface area contributed by atoms with Crippen LogP contribution >= 0.6 is 11.6 Å². The average molecular weight is 447 g/mol. The Morgan fingerprint density at radius 3 is 2.58 bits per heavy atom. The van der Waals surface area contributed by atoms with Gasteiger partial charge in [0, 0.05) is 31.1 Å². The Balaban J connectivity index is 1.49. The number of hydrogen-bond donors (Lipinski definition) is 1. The molecule has 0 saturated heterocycles. The maximum Gasteiger partial charge on any atom is 0.321 e. The van der Waals surface area contributed by atoms with Gasteiger partial charge < -0.3 is 29.0 Å². The van der Waals surface area contributed by atoms with Crippen molar-refractivity contribution in [2.75, 3.05) is 33.1 Å². The zero-order valence-corrected chi connectivity index (χ0v) is 18.2. The number of hydrogen-bond acceptors (Lipinski definition) is 7. The molecule has 3 rings (SSSR count). The van der Waals surface area contributed by atoms with Gasteiger partial charge in [0.25, 0.3) is 5.89 Å². The minimum absolute atomic E-state index is 0.139. The third kappa shape index (κ3) is 6.26. The van der Waals surface area contributed by atoms with Crippen molar-refractivity contribution < 1.29 is 23.5 Å². The lowest BCUT2D eigenvalue weighted by molar-refractivity contribution is 0.222. The van der Waals surface area contributed by atoms with Gasteiger partial charge in [0.1, 0.15) is 17.2 Å². The SMILES string of the molecule is COc1ccc(OC)c(NC(=O)N(C)CCc2noc(COc3ccc(Cl)cc3)n2)c1. The van der Waals surface area contributed by atoms with Crippen LogP contribution in [0.4, 0.5) is 10.5 Å². The number of nitrogens with one attached hydrogen (secondary N) is 1. The van der Waals surface area contributed by atoms with E-state index in [-0.39, 0.29) is 12.6 Å². The van der Waals surface area contributed by atoms with Gasteiger partial charge >= 0.3 is 6.03 Å². The van der Waals surface area contributed by atoms with Crippen LogP contribution in [0.5, 0.6) is 17.2 Å². The summed E-state index contributed by atoms with van der Waals surface area (Å²) >= 11 is 5.85. The molecule has 2 aromatic carbocycles. The quantitative estimate of drug-likeness (QED) is 0.529. The molecule has 0 saturated carbocycles. The molecule has 31 heavy (non-hydrogen) atoms. The molecule has 164 valence electrons. The normalized spacial score (nSPS) is 10.5. The molecule has 1 N–H and O–H groups in total. The molecule has 0 fully saturated rings. The van der Waals surface area contributed by atoms with Gasteiger partial charge in [0.15, 0.2) is 12.4 Å². The number of ether oxygens (including phenoxy) is 3. The molecule has 0 atom stereocenters. The van der Waals surface area contributed by atoms with E-state index in [2.05, 4.69) is 15.5 Å². The summed E-state index contributed by atoms with van der Waals surface area (Å²) in [5.41, 5.74) is 0.514. The van der Waals surface area contributed by atoms with Crippen LogP contribution in [-0.4, -0.2) is 48.9 Å². The highest BCUT2D eigenvalue weighted by Crippen LogP contribution is 2.29. The van der Waals surface area contributed by atoms with Crippen LogP contribution in [0.25, 0.3) is 0 Å². The molecule has 1 aromatic heterocycles. The van der Waals surface area contributed by atoms with Crippen molar-refractivity contribution in [2.45, 2.75) is 13.0 Å². The van der Waals surface area contributed by atoms with E-state index < -0.39 is 0 Å². The van der Waals surface area contributed by atoms with Crippen molar-refractivity contribution in [2.24, 2.45) is 0 Å². The number of anilines is 1. The molecule has 10 heteroatoms. The van der Waals surface area contributed by atoms with E-state index in [1.165, 1.54) is 12.0 Å². The fraction of sp³-hybridized carbons (Fsp3) is 0.286. The highest BCUT2D eigenvalue weighted by molar-refractivity contribution is 6.30. The smallest absolute Gasteiger partial charge is 0.321 e. The number of methoxy groups -OCH3 is 2. The number of urea groups is 1. The van der Waals surface area contributed by atoms with Gasteiger partial charge in [-0.1, -0.05) is 16.8 Å². The maximum atomic E-state index is 12.5. The summed E-state index contributed by atoms with van der Waals surface area (Å²) in [4.78, 5) is 18.3. The first kappa shape index (κ1) is 22.2. The van der Waals surface area contributed by atoms with Gasteiger partial charge in [-0.25, -0.2) is 4.79 Å². The summed E-state index contributed by atoms with van der Waals surface area (Å²) in [5.74, 6) is 2.62. The van der Waals surface area contributed by atoms with Gasteiger partial charge in [-0.2, -0.15) is 4.98 Å². The Hall–Kier alpha value is -3.46. The fourth-order valence-electron chi connectivity index (χ4n) is 2.62. The molecule has 9 nitrogen and oxygen atoms in total. The van der Waals surface area contributed by atoms with Crippen LogP contribution in [0.1, 0.15) is 11.7 Å². The first-order valence-electron chi connectivity index (χ1n) is 9.42. The first-order chi connectivity index (χ1) is 15.0. The number of benzene rings is 2. The Morgan fingerprint density at radius 1 is 1.13 bits per heavy atom. The molecule has 0 aliphatic rings. The molecule has 0 unspecified atom stereocenters. The molecule has 0 spiro atoms. The Kier molecular flexibility index (Phi) is 7.55. The van der Waals surface area contributed by atoms with Crippen molar-refractivity contribution in [3.8, 4) is 17.2 Å². The lowest BCUT2D eigenvalue weighted by atomic mass is 10.2. The summed E-state index contributed by atoms with van der Waals surface area (Å²) in [7, 11) is 4.76. The molecule has 0 aliphatic heterocycles. The Labute approximate surface area is 184 Å². The molecule has 0 aliphatic carbocycles. The molecular formula is C21H23ClN4O5. The first-order valence-corrected chi connectivity index (χ1v) is 9.80. The van der Waals surface area contributed by atoms with Gasteiger partial charge in [0.2, 0.25) is 0 Å². The predicted molar refractivity (Wildman–Crippen MR) is 115 cm³/mol. The second-order valence-electron chi connectivity index (χ2n) is 6.51. The third-order valence-corrected chi connectivity index (χ3v) is 4.60. The number of rotatable bonds is 9. The van der Waals surface area contributed by atoms with Crippen LogP contribution in [0.2, 0.25) is 5.02 Å². The van der Waals surface area contributed by atoms with E-state index in [4.69, 9.17) is 30.3 Å². The van der Waals surface area contributed by atoms with Crippen molar-refractivity contribution >= 4 is 23.3 Å². The highest BCUT2D eigenvalue weighted by Gasteiger charge is 2.14. The van der Waals surface area contributed by atoms with E-state index in [1.54, 1.807) is 56.6 Å². The summed E-state index contributed by atoms with van der Waals surface area (Å²) in [6.45, 7) is 0.524. The molecule has 0 radical (unpaired) electrons. The van der Waals surface area contributed by atoms with Crippen LogP contribution in [-0.2, 0) is 13.0 Å². The molecule has 3 aromatic rings. The number of halogens is 1. The third-order valence-electron chi connectivity index (χ3n) is 4.35. The molecular weight excluding hydrogens is 424 g/mol. The average Bonchev–Trinajstić information content (AvgIpc) is 3.24. The van der Waals surface area contributed by atoms with Gasteiger partial charge in [0.05, 0.1) is 19.9 Å². The second kappa shape index (κ2) is 10.5. The lowest BCUT2D eigenvalue weighted by Crippen LogP contribution is -2.33. The highest BCUT2D eigenvalue weighted by atomic mass is 35.5. The standard InChI is InChI=1S/C21H23ClN4O5/c1-26(21(27)23-17-12-16(28-2)8-9-18(17)29-3)11-10-19-24-20(31-25-19)13-30-15-6-4-14(22)5-7-15/h4-9,12H,10-11,13H2,1-3H3,(H,23,27). The van der Waals surface area contributed by atoms with Crippen LogP contribution in [0.15, 0.2) is 47.0 Å². The summed E-state index contributed by atoms with van der Waals surface area (Å²) < 4.78 is 21.2. The number of nitrogens with zero attached hydrogens (tertiary/aromatic N) is 3. The largest absolute Gasteiger partial charge is 0.497 e. The fourth-order valence-corrected chi connectivity index (χ4v) is 2.74.